The second kappa shape index (κ2) is 7.42. The summed E-state index contributed by atoms with van der Waals surface area (Å²) >= 11 is 0. The first-order valence-electron chi connectivity index (χ1n) is 9.43. The lowest BCUT2D eigenvalue weighted by atomic mass is 10.1. The lowest BCUT2D eigenvalue weighted by Gasteiger charge is -2.24. The lowest BCUT2D eigenvalue weighted by Crippen LogP contribution is -2.33. The molecule has 30 heavy (non-hydrogen) atoms. The number of hydrogen-bond acceptors (Lipinski definition) is 9. The Balaban J connectivity index is 1.69. The molecule has 0 unspecified atom stereocenters. The van der Waals surface area contributed by atoms with E-state index in [2.05, 4.69) is 9.97 Å². The molecule has 2 aromatic rings. The molecule has 2 aromatic heterocycles. The second-order valence-electron chi connectivity index (χ2n) is 7.64. The van der Waals surface area contributed by atoms with Crippen LogP contribution in [-0.4, -0.2) is 61.6 Å². The van der Waals surface area contributed by atoms with Crippen molar-refractivity contribution in [2.24, 2.45) is 0 Å². The molecule has 0 aromatic carbocycles. The predicted octanol–water partition coefficient (Wildman–Crippen LogP) is 0.633. The summed E-state index contributed by atoms with van der Waals surface area (Å²) in [6.45, 7) is 6.28. The highest BCUT2D eigenvalue weighted by Gasteiger charge is 2.56. The van der Waals surface area contributed by atoms with Gasteiger partial charge >= 0.3 is 5.97 Å². The Bertz CT molecular complexity index is 1090. The SMILES string of the molecule is CC(=O)/C=C/n1cnc2c(ncn2[C@@H]2O[C@H](COC(C)=O)[C@H]3OC(C)(C)O[C@H]32)c1=O. The number of carbonyl (C=O) groups is 2. The van der Waals surface area contributed by atoms with Gasteiger partial charge in [-0.05, 0) is 26.8 Å². The number of rotatable bonds is 5. The van der Waals surface area contributed by atoms with Crippen molar-refractivity contribution >= 4 is 29.1 Å². The second-order valence-corrected chi connectivity index (χ2v) is 7.64. The van der Waals surface area contributed by atoms with Crippen molar-refractivity contribution in [1.29, 1.82) is 0 Å². The number of hydrogen-bond donors (Lipinski definition) is 0. The molecule has 11 nitrogen and oxygen atoms in total. The van der Waals surface area contributed by atoms with E-state index in [4.69, 9.17) is 18.9 Å². The maximum atomic E-state index is 12.7. The number of ether oxygens (including phenoxy) is 4. The van der Waals surface area contributed by atoms with Gasteiger partial charge in [0.25, 0.3) is 5.56 Å². The first-order valence-corrected chi connectivity index (χ1v) is 9.43. The first kappa shape index (κ1) is 20.4. The summed E-state index contributed by atoms with van der Waals surface area (Å²) in [5.41, 5.74) is -0.00342. The molecule has 2 aliphatic rings. The number of fused-ring (bicyclic) bond motifs is 2. The van der Waals surface area contributed by atoms with Crippen LogP contribution in [0, 0.1) is 0 Å². The van der Waals surface area contributed by atoms with Crippen LogP contribution in [0.4, 0.5) is 0 Å². The van der Waals surface area contributed by atoms with Gasteiger partial charge in [-0.1, -0.05) is 0 Å². The van der Waals surface area contributed by atoms with E-state index < -0.39 is 41.9 Å². The van der Waals surface area contributed by atoms with Gasteiger partial charge in [-0.2, -0.15) is 0 Å². The molecule has 11 heteroatoms. The lowest BCUT2D eigenvalue weighted by molar-refractivity contribution is -0.201. The van der Waals surface area contributed by atoms with Crippen LogP contribution in [0.2, 0.25) is 0 Å². The van der Waals surface area contributed by atoms with Gasteiger partial charge in [0.05, 0.1) is 6.33 Å². The van der Waals surface area contributed by atoms with Crippen LogP contribution in [0.3, 0.4) is 0 Å². The summed E-state index contributed by atoms with van der Waals surface area (Å²) in [6, 6.07) is 0. The summed E-state index contributed by atoms with van der Waals surface area (Å²) in [5, 5.41) is 0. The molecule has 4 atom stereocenters. The quantitative estimate of drug-likeness (QED) is 0.508. The normalized spacial score (nSPS) is 27.6. The van der Waals surface area contributed by atoms with Gasteiger partial charge in [0, 0.05) is 13.1 Å². The Morgan fingerprint density at radius 2 is 1.93 bits per heavy atom. The smallest absolute Gasteiger partial charge is 0.302 e. The van der Waals surface area contributed by atoms with E-state index in [1.807, 2.05) is 0 Å². The summed E-state index contributed by atoms with van der Waals surface area (Å²) in [6.07, 6.45) is 3.13. The van der Waals surface area contributed by atoms with Crippen LogP contribution in [-0.2, 0) is 28.5 Å². The standard InChI is InChI=1S/C19H22N4O7/c1-10(24)5-6-22-8-21-16-13(17(22)26)20-9-23(16)18-15-14(29-19(3,4)30-15)12(28-18)7-27-11(2)25/h5-6,8-9,12,14-15,18H,7H2,1-4H3/b6-5+/t12-,14-,15-,18-/m1/s1. The number of allylic oxidation sites excluding steroid dienone is 1. The third-order valence-corrected chi connectivity index (χ3v) is 4.83. The van der Waals surface area contributed by atoms with E-state index in [0.717, 1.165) is 0 Å². The molecule has 0 amide bonds. The van der Waals surface area contributed by atoms with Gasteiger partial charge in [-0.3, -0.25) is 23.5 Å². The zero-order valence-corrected chi connectivity index (χ0v) is 17.0. The number of imidazole rings is 1. The number of carbonyl (C=O) groups excluding carboxylic acids is 2. The zero-order valence-electron chi connectivity index (χ0n) is 17.0. The van der Waals surface area contributed by atoms with Gasteiger partial charge in [0.1, 0.15) is 31.2 Å². The maximum Gasteiger partial charge on any atom is 0.302 e. The molecule has 160 valence electrons. The van der Waals surface area contributed by atoms with Crippen molar-refractivity contribution in [3.63, 3.8) is 0 Å². The van der Waals surface area contributed by atoms with Crippen molar-refractivity contribution < 1.29 is 28.5 Å². The number of aromatic nitrogens is 4. The molecule has 0 N–H and O–H groups in total. The molecular formula is C19H22N4O7. The van der Waals surface area contributed by atoms with Gasteiger partial charge in [-0.15, -0.1) is 0 Å². The molecule has 0 bridgehead atoms. The van der Waals surface area contributed by atoms with E-state index in [-0.39, 0.29) is 17.9 Å². The van der Waals surface area contributed by atoms with Crippen molar-refractivity contribution in [3.8, 4) is 0 Å². The minimum absolute atomic E-state index is 0.00907. The molecule has 2 saturated heterocycles. The Morgan fingerprint density at radius 3 is 2.63 bits per heavy atom. The van der Waals surface area contributed by atoms with Crippen molar-refractivity contribution in [2.75, 3.05) is 6.61 Å². The van der Waals surface area contributed by atoms with Crippen LogP contribution >= 0.6 is 0 Å². The molecule has 0 saturated carbocycles. The molecule has 2 fully saturated rings. The minimum Gasteiger partial charge on any atom is -0.463 e. The number of ketones is 1. The average Bonchev–Trinajstić information content (AvgIpc) is 3.30. The van der Waals surface area contributed by atoms with E-state index in [1.54, 1.807) is 18.4 Å². The van der Waals surface area contributed by atoms with E-state index in [9.17, 15) is 14.4 Å². The van der Waals surface area contributed by atoms with Crippen molar-refractivity contribution in [3.05, 3.63) is 29.1 Å². The van der Waals surface area contributed by atoms with Gasteiger partial charge < -0.3 is 18.9 Å². The van der Waals surface area contributed by atoms with Gasteiger partial charge in [-0.25, -0.2) is 9.97 Å². The minimum atomic E-state index is -0.847. The zero-order chi connectivity index (χ0) is 21.6. The van der Waals surface area contributed by atoms with Crippen LogP contribution in [0.25, 0.3) is 17.4 Å². The number of esters is 1. The van der Waals surface area contributed by atoms with Crippen molar-refractivity contribution in [1.82, 2.24) is 19.1 Å². The average molecular weight is 418 g/mol. The molecule has 0 aliphatic carbocycles. The molecule has 0 spiro atoms. The van der Waals surface area contributed by atoms with E-state index in [0.29, 0.717) is 5.65 Å². The fourth-order valence-electron chi connectivity index (χ4n) is 3.62. The highest BCUT2D eigenvalue weighted by molar-refractivity contribution is 5.89. The molecular weight excluding hydrogens is 396 g/mol. The van der Waals surface area contributed by atoms with Gasteiger partial charge in [0.2, 0.25) is 0 Å². The van der Waals surface area contributed by atoms with Crippen molar-refractivity contribution in [2.45, 2.75) is 58.0 Å². The summed E-state index contributed by atoms with van der Waals surface area (Å²) in [4.78, 5) is 43.5. The van der Waals surface area contributed by atoms with Crippen LogP contribution in [0.15, 0.2) is 23.5 Å². The fourth-order valence-corrected chi connectivity index (χ4v) is 3.62. The molecule has 4 rings (SSSR count). The largest absolute Gasteiger partial charge is 0.463 e. The Hall–Kier alpha value is -2.89. The topological polar surface area (TPSA) is 124 Å². The molecule has 4 heterocycles. The molecule has 0 radical (unpaired) electrons. The monoisotopic (exact) mass is 418 g/mol. The Labute approximate surface area is 171 Å². The fraction of sp³-hybridized carbons (Fsp3) is 0.526. The van der Waals surface area contributed by atoms with Crippen LogP contribution < -0.4 is 5.56 Å². The predicted molar refractivity (Wildman–Crippen MR) is 102 cm³/mol. The summed E-state index contributed by atoms with van der Waals surface area (Å²) < 4.78 is 25.9. The third kappa shape index (κ3) is 3.66. The van der Waals surface area contributed by atoms with Crippen LogP contribution in [0.5, 0.6) is 0 Å². The first-order chi connectivity index (χ1) is 14.2. The Morgan fingerprint density at radius 1 is 1.20 bits per heavy atom. The summed E-state index contributed by atoms with van der Waals surface area (Å²) in [5.74, 6) is -1.47. The Kier molecular flexibility index (Phi) is 5.04. The third-order valence-electron chi connectivity index (χ3n) is 4.83. The molecule has 2 aliphatic heterocycles. The van der Waals surface area contributed by atoms with Crippen LogP contribution in [0.1, 0.15) is 33.9 Å². The highest BCUT2D eigenvalue weighted by atomic mass is 16.8. The summed E-state index contributed by atoms with van der Waals surface area (Å²) in [7, 11) is 0. The van der Waals surface area contributed by atoms with Gasteiger partial charge in [0.15, 0.2) is 29.0 Å². The highest BCUT2D eigenvalue weighted by Crippen LogP contribution is 2.43. The van der Waals surface area contributed by atoms with E-state index >= 15 is 0 Å². The maximum absolute atomic E-state index is 12.7. The number of nitrogens with zero attached hydrogens (tertiary/aromatic N) is 4. The van der Waals surface area contributed by atoms with E-state index in [1.165, 1.54) is 43.3 Å².